The van der Waals surface area contributed by atoms with E-state index in [1.807, 2.05) is 0 Å². The van der Waals surface area contributed by atoms with Crippen LogP contribution < -0.4 is 0 Å². The summed E-state index contributed by atoms with van der Waals surface area (Å²) in [5, 5.41) is 8.27. The lowest BCUT2D eigenvalue weighted by atomic mass is 9.94. The van der Waals surface area contributed by atoms with Gasteiger partial charge in [0.2, 0.25) is 5.95 Å². The van der Waals surface area contributed by atoms with E-state index < -0.39 is 0 Å². The fourth-order valence-corrected chi connectivity index (χ4v) is 9.12. The molecule has 0 amide bonds. The van der Waals surface area contributed by atoms with E-state index in [0.717, 1.165) is 55.2 Å². The highest BCUT2D eigenvalue weighted by Crippen LogP contribution is 2.43. The second-order valence-corrected chi connectivity index (χ2v) is 15.0. The molecule has 12 aromatic rings. The van der Waals surface area contributed by atoms with E-state index in [0.29, 0.717) is 5.95 Å². The van der Waals surface area contributed by atoms with Gasteiger partial charge in [-0.3, -0.25) is 4.57 Å². The van der Waals surface area contributed by atoms with Crippen LogP contribution in [0.4, 0.5) is 0 Å². The van der Waals surface area contributed by atoms with Crippen LogP contribution >= 0.6 is 0 Å². The molecule has 0 radical (unpaired) electrons. The summed E-state index contributed by atoms with van der Waals surface area (Å²) in [4.78, 5) is 10.7. The highest BCUT2D eigenvalue weighted by Gasteiger charge is 2.21. The Balaban J connectivity index is 1.09. The predicted octanol–water partition coefficient (Wildman–Crippen LogP) is 14.0. The van der Waals surface area contributed by atoms with Crippen LogP contribution in [0.25, 0.3) is 110 Å². The Bertz CT molecular complexity index is 3560. The van der Waals surface area contributed by atoms with Crippen LogP contribution in [0.5, 0.6) is 0 Å². The molecule has 0 N–H and O–H groups in total. The molecule has 0 bridgehead atoms. The van der Waals surface area contributed by atoms with Crippen LogP contribution in [-0.4, -0.2) is 19.1 Å². The van der Waals surface area contributed by atoms with Crippen LogP contribution in [0.15, 0.2) is 206 Å². The normalized spacial score (nSPS) is 11.8. The van der Waals surface area contributed by atoms with E-state index >= 15 is 0 Å². The van der Waals surface area contributed by atoms with Crippen molar-refractivity contribution in [1.82, 2.24) is 19.1 Å². The number of hydrogen-bond acceptors (Lipinski definition) is 2. The summed E-state index contributed by atoms with van der Waals surface area (Å²) in [6.45, 7) is 0. The standard InChI is InChI=1S/C54H34N4/c1-3-16-35(17-4-1)36-18-15-19-38(32-36)52-44-26-9-12-27-48(44)55-54(56-52)58-50-29-14-10-23-41(50)46-33-37(30-31-51(46)58)45-34-47-42-24-11-13-28-49(42)57(39-20-5-2-6-21-39)53(47)43-25-8-7-22-40(43)45/h1-34H. The Labute approximate surface area is 334 Å². The molecular formula is C54H34N4. The molecule has 58 heavy (non-hydrogen) atoms. The number of aromatic nitrogens is 4. The Morgan fingerprint density at radius 1 is 0.310 bits per heavy atom. The lowest BCUT2D eigenvalue weighted by Gasteiger charge is -2.14. The fourth-order valence-electron chi connectivity index (χ4n) is 9.12. The summed E-state index contributed by atoms with van der Waals surface area (Å²) in [5.74, 6) is 0.651. The highest BCUT2D eigenvalue weighted by molar-refractivity contribution is 6.22. The summed E-state index contributed by atoms with van der Waals surface area (Å²) in [6, 6.07) is 73.8. The summed E-state index contributed by atoms with van der Waals surface area (Å²) in [7, 11) is 0. The number of benzene rings is 9. The van der Waals surface area contributed by atoms with E-state index in [9.17, 15) is 0 Å². The first-order valence-corrected chi connectivity index (χ1v) is 19.8. The molecule has 0 unspecified atom stereocenters. The Morgan fingerprint density at radius 3 is 1.69 bits per heavy atom. The quantitative estimate of drug-likeness (QED) is 0.176. The van der Waals surface area contributed by atoms with Crippen molar-refractivity contribution in [3.05, 3.63) is 206 Å². The van der Waals surface area contributed by atoms with Gasteiger partial charge in [0.15, 0.2) is 0 Å². The molecule has 3 heterocycles. The zero-order chi connectivity index (χ0) is 38.2. The summed E-state index contributed by atoms with van der Waals surface area (Å²) in [5.41, 5.74) is 13.3. The first-order valence-electron chi connectivity index (χ1n) is 19.8. The molecule has 4 nitrogen and oxygen atoms in total. The van der Waals surface area contributed by atoms with Crippen molar-refractivity contribution in [1.29, 1.82) is 0 Å². The molecule has 270 valence electrons. The van der Waals surface area contributed by atoms with E-state index in [4.69, 9.17) is 9.97 Å². The van der Waals surface area contributed by atoms with Crippen LogP contribution in [0.3, 0.4) is 0 Å². The van der Waals surface area contributed by atoms with Gasteiger partial charge in [0.05, 0.1) is 33.3 Å². The molecule has 0 spiro atoms. The SMILES string of the molecule is c1ccc(-c2cccc(-c3nc(-n4c5ccccc5c5cc(-c6cc7c8ccccc8n(-c8ccccc8)c7c7ccccc67)ccc54)nc4ccccc34)c2)cc1. The molecule has 0 aliphatic heterocycles. The van der Waals surface area contributed by atoms with Crippen LogP contribution in [-0.2, 0) is 0 Å². The molecule has 0 atom stereocenters. The van der Waals surface area contributed by atoms with Gasteiger partial charge in [-0.25, -0.2) is 9.97 Å². The minimum Gasteiger partial charge on any atom is -0.309 e. The molecule has 0 saturated heterocycles. The Kier molecular flexibility index (Phi) is 7.20. The minimum absolute atomic E-state index is 0.651. The number of para-hydroxylation sites is 4. The van der Waals surface area contributed by atoms with Crippen molar-refractivity contribution in [2.45, 2.75) is 0 Å². The zero-order valence-electron chi connectivity index (χ0n) is 31.4. The maximum absolute atomic E-state index is 5.41. The molecule has 0 aliphatic carbocycles. The number of hydrogen-bond donors (Lipinski definition) is 0. The minimum atomic E-state index is 0.651. The van der Waals surface area contributed by atoms with Crippen LogP contribution in [0.2, 0.25) is 0 Å². The molecule has 9 aromatic carbocycles. The lowest BCUT2D eigenvalue weighted by molar-refractivity contribution is 1.01. The van der Waals surface area contributed by atoms with Crippen molar-refractivity contribution in [3.8, 4) is 45.1 Å². The summed E-state index contributed by atoms with van der Waals surface area (Å²) >= 11 is 0. The fraction of sp³-hybridized carbons (Fsp3) is 0. The van der Waals surface area contributed by atoms with Gasteiger partial charge in [-0.1, -0.05) is 152 Å². The average Bonchev–Trinajstić information content (AvgIpc) is 3.82. The highest BCUT2D eigenvalue weighted by atomic mass is 15.2. The van der Waals surface area contributed by atoms with E-state index in [1.54, 1.807) is 0 Å². The number of fused-ring (bicyclic) bond motifs is 9. The third kappa shape index (κ3) is 4.95. The molecule has 4 heteroatoms. The van der Waals surface area contributed by atoms with E-state index in [-0.39, 0.29) is 0 Å². The predicted molar refractivity (Wildman–Crippen MR) is 242 cm³/mol. The van der Waals surface area contributed by atoms with Gasteiger partial charge in [-0.2, -0.15) is 0 Å². The summed E-state index contributed by atoms with van der Waals surface area (Å²) in [6.07, 6.45) is 0. The van der Waals surface area contributed by atoms with Gasteiger partial charge in [-0.05, 0) is 82.2 Å². The first kappa shape index (κ1) is 32.4. The smallest absolute Gasteiger partial charge is 0.235 e. The third-order valence-corrected chi connectivity index (χ3v) is 11.7. The topological polar surface area (TPSA) is 35.6 Å². The van der Waals surface area contributed by atoms with Crippen molar-refractivity contribution < 1.29 is 0 Å². The monoisotopic (exact) mass is 738 g/mol. The second kappa shape index (κ2) is 12.9. The van der Waals surface area contributed by atoms with Gasteiger partial charge < -0.3 is 4.57 Å². The molecule has 3 aromatic heterocycles. The molecule has 0 aliphatic rings. The Morgan fingerprint density at radius 2 is 0.897 bits per heavy atom. The van der Waals surface area contributed by atoms with Crippen molar-refractivity contribution in [3.63, 3.8) is 0 Å². The number of nitrogens with zero attached hydrogens (tertiary/aromatic N) is 4. The molecule has 0 fully saturated rings. The van der Waals surface area contributed by atoms with Gasteiger partial charge in [-0.15, -0.1) is 0 Å². The number of rotatable bonds is 5. The van der Waals surface area contributed by atoms with Crippen LogP contribution in [0.1, 0.15) is 0 Å². The summed E-state index contributed by atoms with van der Waals surface area (Å²) < 4.78 is 4.66. The first-order chi connectivity index (χ1) is 28.8. The van der Waals surface area contributed by atoms with Gasteiger partial charge in [0.1, 0.15) is 0 Å². The maximum Gasteiger partial charge on any atom is 0.235 e. The second-order valence-electron chi connectivity index (χ2n) is 15.0. The largest absolute Gasteiger partial charge is 0.309 e. The van der Waals surface area contributed by atoms with Crippen molar-refractivity contribution >= 4 is 65.3 Å². The van der Waals surface area contributed by atoms with Gasteiger partial charge in [0.25, 0.3) is 0 Å². The van der Waals surface area contributed by atoms with E-state index in [1.165, 1.54) is 49.3 Å². The average molecular weight is 739 g/mol. The van der Waals surface area contributed by atoms with Crippen molar-refractivity contribution in [2.75, 3.05) is 0 Å². The van der Waals surface area contributed by atoms with E-state index in [2.05, 4.69) is 215 Å². The van der Waals surface area contributed by atoms with Gasteiger partial charge >= 0.3 is 0 Å². The molecule has 12 rings (SSSR count). The molecule has 0 saturated carbocycles. The molecular weight excluding hydrogens is 705 g/mol. The van der Waals surface area contributed by atoms with Crippen LogP contribution in [0, 0.1) is 0 Å². The van der Waals surface area contributed by atoms with Crippen molar-refractivity contribution in [2.24, 2.45) is 0 Å². The van der Waals surface area contributed by atoms with Gasteiger partial charge in [0, 0.05) is 43.6 Å². The zero-order valence-corrected chi connectivity index (χ0v) is 31.4. The maximum atomic E-state index is 5.41. The lowest BCUT2D eigenvalue weighted by Crippen LogP contribution is -2.03. The Hall–Kier alpha value is -7.82. The third-order valence-electron chi connectivity index (χ3n) is 11.7.